The minimum absolute atomic E-state index is 0.0450. The fourth-order valence-electron chi connectivity index (χ4n) is 2.50. The van der Waals surface area contributed by atoms with Gasteiger partial charge in [0.25, 0.3) is 0 Å². The maximum Gasteiger partial charge on any atom is 0.241 e. The number of halogens is 1. The highest BCUT2D eigenvalue weighted by molar-refractivity contribution is 6.30. The van der Waals surface area contributed by atoms with Gasteiger partial charge in [0.15, 0.2) is 0 Å². The van der Waals surface area contributed by atoms with Crippen LogP contribution >= 0.6 is 11.6 Å². The van der Waals surface area contributed by atoms with Crippen LogP contribution < -0.4 is 15.8 Å². The summed E-state index contributed by atoms with van der Waals surface area (Å²) >= 11 is 5.97. The number of hydrogen-bond donors (Lipinski definition) is 2. The topological polar surface area (TPSA) is 67.6 Å². The molecule has 1 aliphatic rings. The van der Waals surface area contributed by atoms with Gasteiger partial charge in [0.1, 0.15) is 5.75 Å². The van der Waals surface area contributed by atoms with E-state index in [9.17, 15) is 4.79 Å². The number of likely N-dealkylation sites (tertiary alicyclic amines) is 1. The molecule has 2 rings (SSSR count). The van der Waals surface area contributed by atoms with Crippen LogP contribution in [0, 0.1) is 5.41 Å². The van der Waals surface area contributed by atoms with Gasteiger partial charge in [-0.25, -0.2) is 0 Å². The van der Waals surface area contributed by atoms with Crippen LogP contribution in [0.15, 0.2) is 18.2 Å². The third kappa shape index (κ3) is 3.80. The second-order valence-electron chi connectivity index (χ2n) is 5.78. The number of carbonyl (C=O) groups is 1. The van der Waals surface area contributed by atoms with Crippen molar-refractivity contribution in [2.75, 3.05) is 38.6 Å². The molecule has 116 valence electrons. The Morgan fingerprint density at radius 3 is 2.95 bits per heavy atom. The average molecular weight is 312 g/mol. The number of carbonyl (C=O) groups excluding carboxylic acids is 1. The first kappa shape index (κ1) is 15.9. The molecule has 5 nitrogen and oxygen atoms in total. The minimum Gasteiger partial charge on any atom is -0.495 e. The van der Waals surface area contributed by atoms with Gasteiger partial charge >= 0.3 is 0 Å². The van der Waals surface area contributed by atoms with E-state index in [0.717, 1.165) is 25.2 Å². The molecule has 0 radical (unpaired) electrons. The molecule has 1 heterocycles. The van der Waals surface area contributed by atoms with Crippen molar-refractivity contribution in [1.29, 1.82) is 0 Å². The van der Waals surface area contributed by atoms with Gasteiger partial charge in [0, 0.05) is 18.1 Å². The normalized spacial score (nSPS) is 21.4. The molecule has 1 atom stereocenters. The molecule has 1 saturated heterocycles. The van der Waals surface area contributed by atoms with E-state index < -0.39 is 0 Å². The lowest BCUT2D eigenvalue weighted by molar-refractivity contribution is -0.128. The lowest BCUT2D eigenvalue weighted by Crippen LogP contribution is -2.37. The highest BCUT2D eigenvalue weighted by atomic mass is 35.5. The summed E-state index contributed by atoms with van der Waals surface area (Å²) < 4.78 is 5.25. The molecule has 1 fully saturated rings. The van der Waals surface area contributed by atoms with Crippen molar-refractivity contribution < 1.29 is 9.53 Å². The van der Waals surface area contributed by atoms with Gasteiger partial charge in [-0.1, -0.05) is 18.5 Å². The summed E-state index contributed by atoms with van der Waals surface area (Å²) in [5.41, 5.74) is 6.53. The molecule has 1 aromatic carbocycles. The van der Waals surface area contributed by atoms with Crippen LogP contribution in [0.25, 0.3) is 0 Å². The highest BCUT2D eigenvalue weighted by Crippen LogP contribution is 2.29. The Hall–Kier alpha value is -1.46. The predicted octanol–water partition coefficient (Wildman–Crippen LogP) is 1.96. The van der Waals surface area contributed by atoms with Crippen molar-refractivity contribution >= 4 is 23.2 Å². The third-order valence-electron chi connectivity index (χ3n) is 3.99. The summed E-state index contributed by atoms with van der Waals surface area (Å²) in [6, 6.07) is 5.28. The van der Waals surface area contributed by atoms with Crippen LogP contribution in [0.1, 0.15) is 13.3 Å². The summed E-state index contributed by atoms with van der Waals surface area (Å²) in [4.78, 5) is 14.1. The first-order valence-corrected chi connectivity index (χ1v) is 7.40. The van der Waals surface area contributed by atoms with Crippen molar-refractivity contribution in [3.8, 4) is 5.75 Å². The van der Waals surface area contributed by atoms with E-state index in [1.807, 2.05) is 4.90 Å². The second kappa shape index (κ2) is 6.54. The van der Waals surface area contributed by atoms with Crippen LogP contribution in [0.5, 0.6) is 5.75 Å². The molecule has 1 aromatic rings. The lowest BCUT2D eigenvalue weighted by Gasteiger charge is -2.23. The molecule has 0 bridgehead atoms. The zero-order chi connectivity index (χ0) is 15.5. The molecular weight excluding hydrogens is 290 g/mol. The van der Waals surface area contributed by atoms with E-state index in [1.165, 1.54) is 0 Å². The quantitative estimate of drug-likeness (QED) is 0.872. The number of hydrogen-bond acceptors (Lipinski definition) is 4. The number of benzene rings is 1. The van der Waals surface area contributed by atoms with Gasteiger partial charge < -0.3 is 20.7 Å². The molecule has 0 saturated carbocycles. The summed E-state index contributed by atoms with van der Waals surface area (Å²) in [6.45, 7) is 4.43. The zero-order valence-corrected chi connectivity index (χ0v) is 13.2. The van der Waals surface area contributed by atoms with E-state index in [2.05, 4.69) is 12.2 Å². The van der Waals surface area contributed by atoms with Gasteiger partial charge in [-0.05, 0) is 36.6 Å². The van der Waals surface area contributed by atoms with Crippen molar-refractivity contribution in [2.45, 2.75) is 13.3 Å². The van der Waals surface area contributed by atoms with Gasteiger partial charge in [0.2, 0.25) is 5.91 Å². The fraction of sp³-hybridized carbons (Fsp3) is 0.533. The smallest absolute Gasteiger partial charge is 0.241 e. The van der Waals surface area contributed by atoms with Gasteiger partial charge in [0.05, 0.1) is 19.3 Å². The SMILES string of the molecule is COc1ccc(Cl)cc1NCC(=O)N1CCC(C)(CN)C1. The Labute approximate surface area is 130 Å². The second-order valence-corrected chi connectivity index (χ2v) is 6.21. The Kier molecular flexibility index (Phi) is 4.96. The highest BCUT2D eigenvalue weighted by Gasteiger charge is 2.34. The fourth-order valence-corrected chi connectivity index (χ4v) is 2.68. The number of amides is 1. The van der Waals surface area contributed by atoms with E-state index >= 15 is 0 Å². The molecular formula is C15H22ClN3O2. The van der Waals surface area contributed by atoms with Crippen LogP contribution in [0.2, 0.25) is 5.02 Å². The van der Waals surface area contributed by atoms with Crippen LogP contribution in [0.3, 0.4) is 0 Å². The number of rotatable bonds is 5. The number of methoxy groups -OCH3 is 1. The first-order valence-electron chi connectivity index (χ1n) is 7.03. The summed E-state index contributed by atoms with van der Waals surface area (Å²) in [5.74, 6) is 0.731. The largest absolute Gasteiger partial charge is 0.495 e. The van der Waals surface area contributed by atoms with Crippen molar-refractivity contribution in [3.63, 3.8) is 0 Å². The first-order chi connectivity index (χ1) is 9.97. The van der Waals surface area contributed by atoms with Gasteiger partial charge in [-0.15, -0.1) is 0 Å². The minimum atomic E-state index is 0.0450. The summed E-state index contributed by atoms with van der Waals surface area (Å²) in [6.07, 6.45) is 0.954. The van der Waals surface area contributed by atoms with Crippen molar-refractivity contribution in [1.82, 2.24) is 4.90 Å². The van der Waals surface area contributed by atoms with Crippen LogP contribution in [-0.2, 0) is 4.79 Å². The molecule has 1 amide bonds. The summed E-state index contributed by atoms with van der Waals surface area (Å²) in [7, 11) is 1.59. The van der Waals surface area contributed by atoms with E-state index in [0.29, 0.717) is 17.3 Å². The van der Waals surface area contributed by atoms with Crippen molar-refractivity contribution in [3.05, 3.63) is 23.2 Å². The Balaban J connectivity index is 1.94. The Morgan fingerprint density at radius 1 is 1.57 bits per heavy atom. The van der Waals surface area contributed by atoms with Crippen LogP contribution in [-0.4, -0.2) is 44.1 Å². The number of ether oxygens (including phenoxy) is 1. The Bertz CT molecular complexity index is 524. The van der Waals surface area contributed by atoms with E-state index in [1.54, 1.807) is 25.3 Å². The standard InChI is InChI=1S/C15H22ClN3O2/c1-15(9-17)5-6-19(10-15)14(20)8-18-12-7-11(16)3-4-13(12)21-2/h3-4,7,18H,5-6,8-10,17H2,1-2H3. The maximum atomic E-state index is 12.3. The molecule has 0 aliphatic carbocycles. The van der Waals surface area contributed by atoms with Crippen molar-refractivity contribution in [2.24, 2.45) is 11.1 Å². The monoisotopic (exact) mass is 311 g/mol. The number of nitrogens with zero attached hydrogens (tertiary/aromatic N) is 1. The molecule has 1 unspecified atom stereocenters. The number of nitrogens with two attached hydrogens (primary N) is 1. The number of nitrogens with one attached hydrogen (secondary N) is 1. The Morgan fingerprint density at radius 2 is 2.33 bits per heavy atom. The molecule has 0 spiro atoms. The van der Waals surface area contributed by atoms with Gasteiger partial charge in [-0.2, -0.15) is 0 Å². The molecule has 6 heteroatoms. The molecule has 3 N–H and O–H groups in total. The average Bonchev–Trinajstić information content (AvgIpc) is 2.88. The molecule has 0 aromatic heterocycles. The van der Waals surface area contributed by atoms with Crippen LogP contribution in [0.4, 0.5) is 5.69 Å². The predicted molar refractivity (Wildman–Crippen MR) is 84.9 cm³/mol. The molecule has 21 heavy (non-hydrogen) atoms. The third-order valence-corrected chi connectivity index (χ3v) is 4.23. The van der Waals surface area contributed by atoms with Gasteiger partial charge in [-0.3, -0.25) is 4.79 Å². The summed E-state index contributed by atoms with van der Waals surface area (Å²) in [5, 5.41) is 3.69. The van der Waals surface area contributed by atoms with E-state index in [4.69, 9.17) is 22.1 Å². The van der Waals surface area contributed by atoms with E-state index in [-0.39, 0.29) is 17.9 Å². The maximum absolute atomic E-state index is 12.3. The number of anilines is 1. The lowest BCUT2D eigenvalue weighted by atomic mass is 9.90. The molecule has 1 aliphatic heterocycles. The zero-order valence-electron chi connectivity index (χ0n) is 12.5.